The Hall–Kier alpha value is -2.09. The Balaban J connectivity index is 3.54. The molecular formula is C26H41NO. The molecule has 0 spiro atoms. The summed E-state index contributed by atoms with van der Waals surface area (Å²) in [7, 11) is 0. The van der Waals surface area contributed by atoms with Crippen molar-refractivity contribution in [2.75, 3.05) is 6.54 Å². The quantitative estimate of drug-likeness (QED) is 0.206. The Morgan fingerprint density at radius 3 is 1.50 bits per heavy atom. The number of nitrogens with one attached hydrogen (secondary N) is 1. The highest BCUT2D eigenvalue weighted by molar-refractivity contribution is 5.75. The number of hydrogen-bond acceptors (Lipinski definition) is 1. The molecule has 0 radical (unpaired) electrons. The molecule has 0 saturated heterocycles. The minimum atomic E-state index is 0.160. The second kappa shape index (κ2) is 23.0. The molecule has 0 aromatic carbocycles. The van der Waals surface area contributed by atoms with Crippen LogP contribution in [0.1, 0.15) is 78.1 Å². The molecule has 0 rings (SSSR count). The minimum Gasteiger partial charge on any atom is -0.356 e. The van der Waals surface area contributed by atoms with E-state index in [1.807, 2.05) is 0 Å². The van der Waals surface area contributed by atoms with E-state index in [2.05, 4.69) is 92.1 Å². The second-order valence-corrected chi connectivity index (χ2v) is 6.66. The number of rotatable bonds is 17. The van der Waals surface area contributed by atoms with Crippen LogP contribution in [-0.2, 0) is 4.79 Å². The molecule has 0 aliphatic carbocycles. The van der Waals surface area contributed by atoms with Crippen LogP contribution in [0.25, 0.3) is 0 Å². The number of allylic oxidation sites excluding steroid dienone is 12. The lowest BCUT2D eigenvalue weighted by Gasteiger charge is -2.01. The maximum atomic E-state index is 11.5. The number of unbranched alkanes of at least 4 members (excludes halogenated alkanes) is 1. The topological polar surface area (TPSA) is 29.1 Å². The molecule has 0 aliphatic heterocycles. The minimum absolute atomic E-state index is 0.160. The van der Waals surface area contributed by atoms with Gasteiger partial charge in [0.15, 0.2) is 0 Å². The van der Waals surface area contributed by atoms with Crippen molar-refractivity contribution >= 4 is 5.91 Å². The van der Waals surface area contributed by atoms with Gasteiger partial charge >= 0.3 is 0 Å². The van der Waals surface area contributed by atoms with Crippen molar-refractivity contribution in [1.29, 1.82) is 0 Å². The zero-order valence-corrected chi connectivity index (χ0v) is 18.1. The summed E-state index contributed by atoms with van der Waals surface area (Å²) < 4.78 is 0. The first-order chi connectivity index (χ1) is 13.8. The summed E-state index contributed by atoms with van der Waals surface area (Å²) in [5.74, 6) is 0.160. The molecule has 0 bridgehead atoms. The van der Waals surface area contributed by atoms with E-state index >= 15 is 0 Å². The van der Waals surface area contributed by atoms with Crippen molar-refractivity contribution in [3.05, 3.63) is 72.9 Å². The maximum Gasteiger partial charge on any atom is 0.220 e. The van der Waals surface area contributed by atoms with Crippen molar-refractivity contribution in [3.63, 3.8) is 0 Å². The lowest BCUT2D eigenvalue weighted by molar-refractivity contribution is -0.121. The summed E-state index contributed by atoms with van der Waals surface area (Å²) in [4.78, 5) is 11.5. The fourth-order valence-corrected chi connectivity index (χ4v) is 2.35. The molecule has 0 saturated carbocycles. The van der Waals surface area contributed by atoms with Crippen LogP contribution in [0.4, 0.5) is 0 Å². The normalized spacial score (nSPS) is 12.8. The van der Waals surface area contributed by atoms with Crippen LogP contribution in [0, 0.1) is 0 Å². The van der Waals surface area contributed by atoms with Gasteiger partial charge in [0.2, 0.25) is 5.91 Å². The Bertz CT molecular complexity index is 521. The summed E-state index contributed by atoms with van der Waals surface area (Å²) >= 11 is 0. The van der Waals surface area contributed by atoms with E-state index in [0.717, 1.165) is 64.3 Å². The Morgan fingerprint density at radius 2 is 1.07 bits per heavy atom. The second-order valence-electron chi connectivity index (χ2n) is 6.66. The van der Waals surface area contributed by atoms with E-state index in [1.165, 1.54) is 0 Å². The molecule has 0 unspecified atom stereocenters. The molecule has 1 amide bonds. The summed E-state index contributed by atoms with van der Waals surface area (Å²) in [5.41, 5.74) is 0. The average Bonchev–Trinajstić information content (AvgIpc) is 2.70. The number of carbonyl (C=O) groups is 1. The van der Waals surface area contributed by atoms with Crippen molar-refractivity contribution in [2.24, 2.45) is 0 Å². The van der Waals surface area contributed by atoms with E-state index < -0.39 is 0 Å². The predicted octanol–water partition coefficient (Wildman–Crippen LogP) is 7.38. The molecule has 0 fully saturated rings. The fourth-order valence-electron chi connectivity index (χ4n) is 2.35. The zero-order chi connectivity index (χ0) is 20.5. The maximum absolute atomic E-state index is 11.5. The van der Waals surface area contributed by atoms with Gasteiger partial charge in [0, 0.05) is 13.0 Å². The van der Waals surface area contributed by atoms with Crippen LogP contribution in [0.15, 0.2) is 72.9 Å². The van der Waals surface area contributed by atoms with Crippen LogP contribution in [0.3, 0.4) is 0 Å². The molecule has 2 nitrogen and oxygen atoms in total. The largest absolute Gasteiger partial charge is 0.356 e. The Morgan fingerprint density at radius 1 is 0.643 bits per heavy atom. The Labute approximate surface area is 173 Å². The summed E-state index contributed by atoms with van der Waals surface area (Å²) in [6, 6.07) is 0. The van der Waals surface area contributed by atoms with Crippen molar-refractivity contribution in [1.82, 2.24) is 5.32 Å². The van der Waals surface area contributed by atoms with Crippen molar-refractivity contribution in [2.45, 2.75) is 78.1 Å². The highest BCUT2D eigenvalue weighted by Gasteiger charge is 1.96. The smallest absolute Gasteiger partial charge is 0.220 e. The van der Waals surface area contributed by atoms with Crippen LogP contribution in [0.2, 0.25) is 0 Å². The van der Waals surface area contributed by atoms with Gasteiger partial charge in [-0.25, -0.2) is 0 Å². The van der Waals surface area contributed by atoms with E-state index in [-0.39, 0.29) is 5.91 Å². The van der Waals surface area contributed by atoms with Gasteiger partial charge in [-0.05, 0) is 51.4 Å². The SMILES string of the molecule is CC/C=C/C/C=C/C/C=C/C/C=C/C/C=C/C/C=C/CCC(=O)NCCCC. The molecule has 0 aliphatic rings. The number of hydrogen-bond donors (Lipinski definition) is 1. The fraction of sp³-hybridized carbons (Fsp3) is 0.500. The van der Waals surface area contributed by atoms with Crippen LogP contribution in [0.5, 0.6) is 0 Å². The van der Waals surface area contributed by atoms with E-state index in [4.69, 9.17) is 0 Å². The molecule has 0 aromatic rings. The zero-order valence-electron chi connectivity index (χ0n) is 18.1. The lowest BCUT2D eigenvalue weighted by Crippen LogP contribution is -2.23. The first-order valence-corrected chi connectivity index (χ1v) is 11.0. The first kappa shape index (κ1) is 25.9. The predicted molar refractivity (Wildman–Crippen MR) is 125 cm³/mol. The van der Waals surface area contributed by atoms with Gasteiger partial charge in [0.1, 0.15) is 0 Å². The summed E-state index contributed by atoms with van der Waals surface area (Å²) in [6.45, 7) is 5.09. The third kappa shape index (κ3) is 22.0. The van der Waals surface area contributed by atoms with E-state index in [1.54, 1.807) is 0 Å². The van der Waals surface area contributed by atoms with Crippen LogP contribution in [-0.4, -0.2) is 12.5 Å². The van der Waals surface area contributed by atoms with E-state index in [9.17, 15) is 4.79 Å². The first-order valence-electron chi connectivity index (χ1n) is 11.0. The highest BCUT2D eigenvalue weighted by atomic mass is 16.1. The molecule has 0 aromatic heterocycles. The van der Waals surface area contributed by atoms with Gasteiger partial charge in [0.25, 0.3) is 0 Å². The van der Waals surface area contributed by atoms with Gasteiger partial charge in [-0.3, -0.25) is 4.79 Å². The number of amides is 1. The molecule has 0 atom stereocenters. The molecule has 156 valence electrons. The summed E-state index contributed by atoms with van der Waals surface area (Å²) in [5, 5.41) is 2.94. The van der Waals surface area contributed by atoms with Crippen LogP contribution >= 0.6 is 0 Å². The molecule has 2 heteroatoms. The molecule has 28 heavy (non-hydrogen) atoms. The van der Waals surface area contributed by atoms with Gasteiger partial charge < -0.3 is 5.32 Å². The Kier molecular flexibility index (Phi) is 21.2. The third-order valence-corrected chi connectivity index (χ3v) is 3.99. The molecular weight excluding hydrogens is 342 g/mol. The van der Waals surface area contributed by atoms with E-state index in [0.29, 0.717) is 6.42 Å². The van der Waals surface area contributed by atoms with Gasteiger partial charge in [-0.15, -0.1) is 0 Å². The average molecular weight is 384 g/mol. The van der Waals surface area contributed by atoms with Crippen molar-refractivity contribution < 1.29 is 4.79 Å². The van der Waals surface area contributed by atoms with Gasteiger partial charge in [0.05, 0.1) is 0 Å². The standard InChI is InChI=1S/C26H41NO/c1-3-5-7-8-9-10-11-12-13-14-15-16-17-18-19-20-21-22-23-24-26(28)27-25-6-4-2/h5,7,9-10,12-13,15-16,18-19,21-22H,3-4,6,8,11,14,17,20,23-25H2,1-2H3,(H,27,28)/b7-5+,10-9+,13-12+,16-15+,19-18+,22-21+. The highest BCUT2D eigenvalue weighted by Crippen LogP contribution is 1.98. The summed E-state index contributed by atoms with van der Waals surface area (Å²) in [6.07, 6.45) is 36.0. The molecule has 0 heterocycles. The van der Waals surface area contributed by atoms with Gasteiger partial charge in [-0.2, -0.15) is 0 Å². The van der Waals surface area contributed by atoms with Gasteiger partial charge in [-0.1, -0.05) is 93.2 Å². The third-order valence-electron chi connectivity index (χ3n) is 3.99. The molecule has 1 N–H and O–H groups in total. The van der Waals surface area contributed by atoms with Crippen molar-refractivity contribution in [3.8, 4) is 0 Å². The number of carbonyl (C=O) groups excluding carboxylic acids is 1. The monoisotopic (exact) mass is 383 g/mol. The lowest BCUT2D eigenvalue weighted by atomic mass is 10.2. The van der Waals surface area contributed by atoms with Crippen LogP contribution < -0.4 is 5.32 Å².